The molecule has 2 heterocycles. The molecule has 4 heteroatoms. The van der Waals surface area contributed by atoms with Gasteiger partial charge in [-0.1, -0.05) is 6.07 Å². The molecule has 1 N–H and O–H groups in total. The van der Waals surface area contributed by atoms with E-state index in [1.807, 2.05) is 18.3 Å². The fourth-order valence-electron chi connectivity index (χ4n) is 2.14. The second-order valence-electron chi connectivity index (χ2n) is 4.38. The van der Waals surface area contributed by atoms with Crippen molar-refractivity contribution in [3.05, 3.63) is 30.1 Å². The maximum atomic E-state index is 4.34. The number of hydrogen-bond acceptors (Lipinski definition) is 3. The van der Waals surface area contributed by atoms with Crippen LogP contribution in [0.5, 0.6) is 0 Å². The molecule has 1 atom stereocenters. The van der Waals surface area contributed by atoms with Crippen LogP contribution in [0.3, 0.4) is 0 Å². The van der Waals surface area contributed by atoms with Gasteiger partial charge in [-0.05, 0) is 44.6 Å². The maximum absolute atomic E-state index is 4.34. The third-order valence-electron chi connectivity index (χ3n) is 2.89. The van der Waals surface area contributed by atoms with E-state index in [2.05, 4.69) is 28.3 Å². The predicted molar refractivity (Wildman–Crippen MR) is 68.8 cm³/mol. The van der Waals surface area contributed by atoms with Gasteiger partial charge in [0.25, 0.3) is 0 Å². The van der Waals surface area contributed by atoms with E-state index in [1.54, 1.807) is 0 Å². The molecule has 0 aromatic carbocycles. The fourth-order valence-corrected chi connectivity index (χ4v) is 2.14. The average Bonchev–Trinajstić information content (AvgIpc) is 2.71. The van der Waals surface area contributed by atoms with Crippen LogP contribution in [0.2, 0.25) is 0 Å². The molecule has 1 aromatic heterocycles. The minimum atomic E-state index is 0. The number of aromatic nitrogens is 1. The van der Waals surface area contributed by atoms with Crippen molar-refractivity contribution in [2.45, 2.75) is 13.0 Å². The first-order valence-corrected chi connectivity index (χ1v) is 5.64. The van der Waals surface area contributed by atoms with Crippen molar-refractivity contribution < 1.29 is 0 Å². The van der Waals surface area contributed by atoms with E-state index in [0.717, 1.165) is 18.2 Å². The molecule has 2 rings (SSSR count). The van der Waals surface area contributed by atoms with Crippen LogP contribution in [0.1, 0.15) is 12.1 Å². The topological polar surface area (TPSA) is 28.2 Å². The van der Waals surface area contributed by atoms with Crippen LogP contribution < -0.4 is 5.32 Å². The van der Waals surface area contributed by atoms with Crippen LogP contribution in [-0.4, -0.2) is 36.6 Å². The van der Waals surface area contributed by atoms with E-state index in [0.29, 0.717) is 0 Å². The third kappa shape index (κ3) is 4.08. The quantitative estimate of drug-likeness (QED) is 0.867. The van der Waals surface area contributed by atoms with Gasteiger partial charge >= 0.3 is 0 Å². The van der Waals surface area contributed by atoms with Gasteiger partial charge in [-0.25, -0.2) is 0 Å². The van der Waals surface area contributed by atoms with Crippen LogP contribution in [0.4, 0.5) is 0 Å². The molecule has 0 aliphatic carbocycles. The third-order valence-corrected chi connectivity index (χ3v) is 2.89. The van der Waals surface area contributed by atoms with E-state index >= 15 is 0 Å². The van der Waals surface area contributed by atoms with Gasteiger partial charge in [0.15, 0.2) is 0 Å². The van der Waals surface area contributed by atoms with Gasteiger partial charge in [-0.2, -0.15) is 0 Å². The monoisotopic (exact) mass is 241 g/mol. The van der Waals surface area contributed by atoms with Gasteiger partial charge < -0.3 is 10.2 Å². The molecule has 1 fully saturated rings. The molecule has 1 aliphatic rings. The van der Waals surface area contributed by atoms with Crippen molar-refractivity contribution in [2.24, 2.45) is 5.92 Å². The van der Waals surface area contributed by atoms with E-state index in [4.69, 9.17) is 0 Å². The molecule has 1 aromatic rings. The number of halogens is 1. The summed E-state index contributed by atoms with van der Waals surface area (Å²) in [6.07, 6.45) is 3.17. The molecular formula is C12H20ClN3. The Morgan fingerprint density at radius 3 is 3.00 bits per heavy atom. The Morgan fingerprint density at radius 1 is 1.50 bits per heavy atom. The summed E-state index contributed by atoms with van der Waals surface area (Å²) < 4.78 is 0. The van der Waals surface area contributed by atoms with Crippen LogP contribution in [-0.2, 0) is 6.54 Å². The lowest BCUT2D eigenvalue weighted by atomic mass is 10.1. The number of rotatable bonds is 4. The van der Waals surface area contributed by atoms with Crippen molar-refractivity contribution in [2.75, 3.05) is 26.7 Å². The van der Waals surface area contributed by atoms with Gasteiger partial charge in [-0.3, -0.25) is 4.98 Å². The lowest BCUT2D eigenvalue weighted by Gasteiger charge is -2.19. The van der Waals surface area contributed by atoms with Gasteiger partial charge in [0.2, 0.25) is 0 Å². The first kappa shape index (κ1) is 13.4. The zero-order valence-electron chi connectivity index (χ0n) is 9.72. The summed E-state index contributed by atoms with van der Waals surface area (Å²) in [6, 6.07) is 6.10. The summed E-state index contributed by atoms with van der Waals surface area (Å²) in [7, 11) is 2.17. The molecule has 0 bridgehead atoms. The van der Waals surface area contributed by atoms with Crippen LogP contribution >= 0.6 is 12.4 Å². The summed E-state index contributed by atoms with van der Waals surface area (Å²) >= 11 is 0. The summed E-state index contributed by atoms with van der Waals surface area (Å²) in [6.45, 7) is 4.48. The molecular weight excluding hydrogens is 222 g/mol. The van der Waals surface area contributed by atoms with Gasteiger partial charge in [0.05, 0.1) is 5.69 Å². The Balaban J connectivity index is 0.00000128. The Labute approximate surface area is 104 Å². The largest absolute Gasteiger partial charge is 0.316 e. The summed E-state index contributed by atoms with van der Waals surface area (Å²) in [5.41, 5.74) is 1.16. The van der Waals surface area contributed by atoms with Crippen LogP contribution in [0.15, 0.2) is 24.4 Å². The molecule has 0 spiro atoms. The smallest absolute Gasteiger partial charge is 0.0543 e. The Kier molecular flexibility index (Phi) is 5.74. The normalized spacial score (nSPS) is 19.8. The summed E-state index contributed by atoms with van der Waals surface area (Å²) in [5.74, 6) is 0.818. The minimum Gasteiger partial charge on any atom is -0.316 e. The van der Waals surface area contributed by atoms with E-state index in [-0.39, 0.29) is 12.4 Å². The average molecular weight is 242 g/mol. The number of nitrogens with zero attached hydrogens (tertiary/aromatic N) is 2. The molecule has 3 nitrogen and oxygen atoms in total. The molecule has 1 unspecified atom stereocenters. The number of hydrogen-bond donors (Lipinski definition) is 1. The predicted octanol–water partition coefficient (Wildman–Crippen LogP) is 1.54. The Morgan fingerprint density at radius 2 is 2.38 bits per heavy atom. The summed E-state index contributed by atoms with van der Waals surface area (Å²) in [5, 5.41) is 3.40. The molecule has 0 amide bonds. The second kappa shape index (κ2) is 6.84. The number of pyridine rings is 1. The molecule has 90 valence electrons. The lowest BCUT2D eigenvalue weighted by molar-refractivity contribution is 0.275. The molecule has 1 aliphatic heterocycles. The molecule has 0 radical (unpaired) electrons. The molecule has 1 saturated heterocycles. The Bertz CT molecular complexity index is 286. The van der Waals surface area contributed by atoms with E-state index < -0.39 is 0 Å². The highest BCUT2D eigenvalue weighted by molar-refractivity contribution is 5.85. The van der Waals surface area contributed by atoms with Crippen molar-refractivity contribution in [1.82, 2.24) is 15.2 Å². The summed E-state index contributed by atoms with van der Waals surface area (Å²) in [4.78, 5) is 6.70. The highest BCUT2D eigenvalue weighted by atomic mass is 35.5. The van der Waals surface area contributed by atoms with Crippen molar-refractivity contribution in [1.29, 1.82) is 0 Å². The van der Waals surface area contributed by atoms with E-state index in [1.165, 1.54) is 26.1 Å². The first-order valence-electron chi connectivity index (χ1n) is 5.64. The van der Waals surface area contributed by atoms with Crippen molar-refractivity contribution >= 4 is 12.4 Å². The molecule has 16 heavy (non-hydrogen) atoms. The van der Waals surface area contributed by atoms with Crippen LogP contribution in [0.25, 0.3) is 0 Å². The van der Waals surface area contributed by atoms with E-state index in [9.17, 15) is 0 Å². The SMILES string of the molecule is CN(Cc1ccccn1)CC1CCNC1.Cl. The minimum absolute atomic E-state index is 0. The van der Waals surface area contributed by atoms with Crippen molar-refractivity contribution in [3.8, 4) is 0 Å². The van der Waals surface area contributed by atoms with Gasteiger partial charge in [0, 0.05) is 19.3 Å². The maximum Gasteiger partial charge on any atom is 0.0543 e. The highest BCUT2D eigenvalue weighted by Gasteiger charge is 2.16. The number of nitrogens with one attached hydrogen (secondary N) is 1. The highest BCUT2D eigenvalue weighted by Crippen LogP contribution is 2.10. The fraction of sp³-hybridized carbons (Fsp3) is 0.583. The first-order chi connectivity index (χ1) is 7.34. The Hall–Kier alpha value is -0.640. The standard InChI is InChI=1S/C12H19N3.ClH/c1-15(9-11-5-7-13-8-11)10-12-4-2-3-6-14-12;/h2-4,6,11,13H,5,7-10H2,1H3;1H. The second-order valence-corrected chi connectivity index (χ2v) is 4.38. The van der Waals surface area contributed by atoms with Crippen molar-refractivity contribution in [3.63, 3.8) is 0 Å². The van der Waals surface area contributed by atoms with Gasteiger partial charge in [0.1, 0.15) is 0 Å². The zero-order valence-corrected chi connectivity index (χ0v) is 10.5. The van der Waals surface area contributed by atoms with Crippen LogP contribution in [0, 0.1) is 5.92 Å². The lowest BCUT2D eigenvalue weighted by Crippen LogP contribution is -2.26. The molecule has 0 saturated carbocycles. The van der Waals surface area contributed by atoms with Gasteiger partial charge in [-0.15, -0.1) is 12.4 Å². The zero-order chi connectivity index (χ0) is 10.5.